The van der Waals surface area contributed by atoms with Gasteiger partial charge in [0.1, 0.15) is 5.75 Å². The first-order valence-corrected chi connectivity index (χ1v) is 12.0. The maximum absolute atomic E-state index is 13.2. The summed E-state index contributed by atoms with van der Waals surface area (Å²) in [6.45, 7) is 6.71. The molecule has 7 heteroatoms. The fourth-order valence-corrected chi connectivity index (χ4v) is 5.33. The number of phenolic OH excluding ortho intramolecular Hbond substituents is 1. The SMILES string of the molecule is O=C(NCc1ccc2c(c1)OCO2)[C@@H]1C[C@H](CN2CCCC2)CN(Cc2ccc(O)cc2)C1. The normalized spacial score (nSPS) is 23.0. The first-order valence-electron chi connectivity index (χ1n) is 12.0. The molecule has 2 aromatic rings. The molecule has 2 fully saturated rings. The summed E-state index contributed by atoms with van der Waals surface area (Å²) in [6.07, 6.45) is 3.49. The quantitative estimate of drug-likeness (QED) is 0.674. The van der Waals surface area contributed by atoms with Gasteiger partial charge >= 0.3 is 0 Å². The van der Waals surface area contributed by atoms with Gasteiger partial charge in [0, 0.05) is 32.7 Å². The molecule has 0 bridgehead atoms. The topological polar surface area (TPSA) is 74.3 Å². The zero-order valence-electron chi connectivity index (χ0n) is 19.0. The second-order valence-electron chi connectivity index (χ2n) is 9.57. The van der Waals surface area contributed by atoms with Crippen LogP contribution in [0.4, 0.5) is 0 Å². The van der Waals surface area contributed by atoms with Crippen molar-refractivity contribution in [2.75, 3.05) is 39.5 Å². The zero-order valence-corrected chi connectivity index (χ0v) is 19.0. The molecule has 0 saturated carbocycles. The number of phenols is 1. The minimum atomic E-state index is -0.0301. The van der Waals surface area contributed by atoms with Crippen LogP contribution in [0.5, 0.6) is 17.2 Å². The molecule has 3 heterocycles. The van der Waals surface area contributed by atoms with E-state index in [1.165, 1.54) is 25.9 Å². The highest BCUT2D eigenvalue weighted by Gasteiger charge is 2.33. The van der Waals surface area contributed by atoms with E-state index in [1.807, 2.05) is 30.3 Å². The number of hydrogen-bond donors (Lipinski definition) is 2. The van der Waals surface area contributed by atoms with Crippen LogP contribution in [0.1, 0.15) is 30.4 Å². The molecule has 0 radical (unpaired) electrons. The van der Waals surface area contributed by atoms with E-state index in [1.54, 1.807) is 12.1 Å². The number of nitrogens with zero attached hydrogens (tertiary/aromatic N) is 2. The molecule has 2 aromatic carbocycles. The molecule has 7 nitrogen and oxygen atoms in total. The fraction of sp³-hybridized carbons (Fsp3) is 0.500. The second-order valence-corrected chi connectivity index (χ2v) is 9.57. The molecule has 0 aromatic heterocycles. The average Bonchev–Trinajstić information content (AvgIpc) is 3.50. The number of rotatable bonds is 7. The van der Waals surface area contributed by atoms with Crippen molar-refractivity contribution >= 4 is 5.91 Å². The first kappa shape index (κ1) is 22.0. The third-order valence-electron chi connectivity index (χ3n) is 6.94. The Hall–Kier alpha value is -2.77. The molecule has 2 N–H and O–H groups in total. The highest BCUT2D eigenvalue weighted by Crippen LogP contribution is 2.32. The molecule has 1 amide bonds. The summed E-state index contributed by atoms with van der Waals surface area (Å²) < 4.78 is 10.8. The Kier molecular flexibility index (Phi) is 6.69. The van der Waals surface area contributed by atoms with Crippen LogP contribution in [0, 0.1) is 11.8 Å². The van der Waals surface area contributed by atoms with Crippen molar-refractivity contribution in [3.63, 3.8) is 0 Å². The Morgan fingerprint density at radius 3 is 2.55 bits per heavy atom. The number of nitrogens with one attached hydrogen (secondary N) is 1. The predicted octanol–water partition coefficient (Wildman–Crippen LogP) is 2.97. The second kappa shape index (κ2) is 10.0. The molecule has 0 unspecified atom stereocenters. The highest BCUT2D eigenvalue weighted by molar-refractivity contribution is 5.79. The van der Waals surface area contributed by atoms with Gasteiger partial charge in [-0.3, -0.25) is 9.69 Å². The van der Waals surface area contributed by atoms with E-state index in [9.17, 15) is 9.90 Å². The minimum absolute atomic E-state index is 0.0301. The van der Waals surface area contributed by atoms with Crippen molar-refractivity contribution in [1.29, 1.82) is 0 Å². The van der Waals surface area contributed by atoms with Gasteiger partial charge in [-0.1, -0.05) is 18.2 Å². The number of hydrogen-bond acceptors (Lipinski definition) is 6. The van der Waals surface area contributed by atoms with Crippen LogP contribution in [-0.2, 0) is 17.9 Å². The third-order valence-corrected chi connectivity index (χ3v) is 6.94. The number of piperidine rings is 1. The summed E-state index contributed by atoms with van der Waals surface area (Å²) >= 11 is 0. The lowest BCUT2D eigenvalue weighted by Crippen LogP contribution is -2.48. The Labute approximate surface area is 195 Å². The van der Waals surface area contributed by atoms with E-state index < -0.39 is 0 Å². The zero-order chi connectivity index (χ0) is 22.6. The van der Waals surface area contributed by atoms with Crippen LogP contribution < -0.4 is 14.8 Å². The Morgan fingerprint density at radius 1 is 0.970 bits per heavy atom. The molecule has 2 atom stereocenters. The van der Waals surface area contributed by atoms with E-state index >= 15 is 0 Å². The molecule has 176 valence electrons. The Morgan fingerprint density at radius 2 is 1.73 bits per heavy atom. The highest BCUT2D eigenvalue weighted by atomic mass is 16.7. The van der Waals surface area contributed by atoms with Crippen molar-refractivity contribution < 1.29 is 19.4 Å². The molecule has 0 aliphatic carbocycles. The number of likely N-dealkylation sites (tertiary alicyclic amines) is 2. The standard InChI is InChI=1S/C26H33N3O4/c30-23-6-3-19(4-7-23)14-29-16-21(15-28-9-1-2-10-28)11-22(17-29)26(31)27-13-20-5-8-24-25(12-20)33-18-32-24/h3-8,12,21-22,30H,1-2,9-11,13-18H2,(H,27,31)/t21-,22-/m1/s1. The lowest BCUT2D eigenvalue weighted by atomic mass is 9.87. The van der Waals surface area contributed by atoms with Crippen LogP contribution in [0.25, 0.3) is 0 Å². The molecule has 0 spiro atoms. The third kappa shape index (κ3) is 5.60. The van der Waals surface area contributed by atoms with Crippen molar-refractivity contribution in [3.05, 3.63) is 53.6 Å². The maximum atomic E-state index is 13.2. The van der Waals surface area contributed by atoms with Crippen LogP contribution in [0.3, 0.4) is 0 Å². The van der Waals surface area contributed by atoms with Crippen molar-refractivity contribution in [3.8, 4) is 17.2 Å². The summed E-state index contributed by atoms with van der Waals surface area (Å²) in [7, 11) is 0. The number of carbonyl (C=O) groups is 1. The molecule has 5 rings (SSSR count). The van der Waals surface area contributed by atoms with Gasteiger partial charge in [-0.15, -0.1) is 0 Å². The summed E-state index contributed by atoms with van der Waals surface area (Å²) in [5.74, 6) is 2.35. The minimum Gasteiger partial charge on any atom is -0.508 e. The van der Waals surface area contributed by atoms with E-state index in [2.05, 4.69) is 15.1 Å². The van der Waals surface area contributed by atoms with E-state index in [0.717, 1.165) is 55.2 Å². The maximum Gasteiger partial charge on any atom is 0.231 e. The molecule has 33 heavy (non-hydrogen) atoms. The van der Waals surface area contributed by atoms with E-state index in [4.69, 9.17) is 9.47 Å². The first-order chi connectivity index (χ1) is 16.1. The van der Waals surface area contributed by atoms with E-state index in [0.29, 0.717) is 12.5 Å². The van der Waals surface area contributed by atoms with Gasteiger partial charge in [-0.05, 0) is 73.7 Å². The van der Waals surface area contributed by atoms with E-state index in [-0.39, 0.29) is 24.4 Å². The van der Waals surface area contributed by atoms with Crippen LogP contribution in [-0.4, -0.2) is 60.3 Å². The summed E-state index contributed by atoms with van der Waals surface area (Å²) in [4.78, 5) is 18.1. The van der Waals surface area contributed by atoms with Crippen molar-refractivity contribution in [2.24, 2.45) is 11.8 Å². The summed E-state index contributed by atoms with van der Waals surface area (Å²) in [6, 6.07) is 13.2. The predicted molar refractivity (Wildman–Crippen MR) is 125 cm³/mol. The number of amides is 1. The number of aromatic hydroxyl groups is 1. The van der Waals surface area contributed by atoms with Gasteiger partial charge in [0.25, 0.3) is 0 Å². The number of fused-ring (bicyclic) bond motifs is 1. The smallest absolute Gasteiger partial charge is 0.231 e. The average molecular weight is 452 g/mol. The number of ether oxygens (including phenoxy) is 2. The van der Waals surface area contributed by atoms with Crippen LogP contribution >= 0.6 is 0 Å². The molecule has 3 aliphatic heterocycles. The number of benzene rings is 2. The van der Waals surface area contributed by atoms with Gasteiger partial charge in [-0.25, -0.2) is 0 Å². The van der Waals surface area contributed by atoms with Crippen molar-refractivity contribution in [2.45, 2.75) is 32.4 Å². The van der Waals surface area contributed by atoms with Crippen LogP contribution in [0.2, 0.25) is 0 Å². The lowest BCUT2D eigenvalue weighted by Gasteiger charge is -2.38. The van der Waals surface area contributed by atoms with Crippen LogP contribution in [0.15, 0.2) is 42.5 Å². The lowest BCUT2D eigenvalue weighted by molar-refractivity contribution is -0.127. The van der Waals surface area contributed by atoms with Gasteiger partial charge in [-0.2, -0.15) is 0 Å². The van der Waals surface area contributed by atoms with Crippen molar-refractivity contribution in [1.82, 2.24) is 15.1 Å². The molecule has 3 aliphatic rings. The summed E-state index contributed by atoms with van der Waals surface area (Å²) in [5.41, 5.74) is 2.17. The molecule has 2 saturated heterocycles. The fourth-order valence-electron chi connectivity index (χ4n) is 5.33. The monoisotopic (exact) mass is 451 g/mol. The van der Waals surface area contributed by atoms with Gasteiger partial charge in [0.2, 0.25) is 12.7 Å². The Balaban J connectivity index is 1.22. The van der Waals surface area contributed by atoms with Gasteiger partial charge in [0.15, 0.2) is 11.5 Å². The number of carbonyl (C=O) groups excluding carboxylic acids is 1. The summed E-state index contributed by atoms with van der Waals surface area (Å²) in [5, 5.41) is 12.8. The molecular weight excluding hydrogens is 418 g/mol. The Bertz CT molecular complexity index is 959. The van der Waals surface area contributed by atoms with Gasteiger partial charge < -0.3 is 24.8 Å². The van der Waals surface area contributed by atoms with Gasteiger partial charge in [0.05, 0.1) is 5.92 Å². The largest absolute Gasteiger partial charge is 0.508 e. The molecular formula is C26H33N3O4.